The number of amides is 1. The minimum atomic E-state index is -0.696. The number of carbonyl (C=O) groups excluding carboxylic acids is 1. The molecule has 1 amide bonds. The molecule has 1 aliphatic rings. The molecular weight excluding hydrogens is 320 g/mol. The lowest BCUT2D eigenvalue weighted by Gasteiger charge is -2.36. The summed E-state index contributed by atoms with van der Waals surface area (Å²) in [5, 5.41) is 13.7. The molecule has 3 rings (SSSR count). The van der Waals surface area contributed by atoms with Gasteiger partial charge in [-0.15, -0.1) is 0 Å². The number of β-amino-alcohol motifs (C(OH)–C–C–N with tert-alkyl or cyclic N) is 1. The summed E-state index contributed by atoms with van der Waals surface area (Å²) in [7, 11) is 3.78. The maximum absolute atomic E-state index is 12.5. The van der Waals surface area contributed by atoms with Crippen LogP contribution >= 0.6 is 0 Å². The minimum absolute atomic E-state index is 0.161. The van der Waals surface area contributed by atoms with Gasteiger partial charge in [-0.25, -0.2) is 9.97 Å². The van der Waals surface area contributed by atoms with E-state index in [0.29, 0.717) is 30.3 Å². The average molecular weight is 342 g/mol. The molecule has 2 aromatic heterocycles. The van der Waals surface area contributed by atoms with E-state index in [4.69, 9.17) is 0 Å². The van der Waals surface area contributed by atoms with Gasteiger partial charge in [0.25, 0.3) is 5.91 Å². The Morgan fingerprint density at radius 1 is 1.24 bits per heavy atom. The molecule has 0 radical (unpaired) electrons. The molecule has 1 aliphatic heterocycles. The summed E-state index contributed by atoms with van der Waals surface area (Å²) in [6, 6.07) is 5.04. The topological polar surface area (TPSA) is 94.5 Å². The van der Waals surface area contributed by atoms with Crippen LogP contribution in [0, 0.1) is 0 Å². The van der Waals surface area contributed by atoms with Crippen molar-refractivity contribution in [1.82, 2.24) is 19.9 Å². The zero-order valence-electron chi connectivity index (χ0n) is 14.3. The van der Waals surface area contributed by atoms with Crippen LogP contribution in [-0.2, 0) is 0 Å². The van der Waals surface area contributed by atoms with Crippen molar-refractivity contribution in [2.75, 3.05) is 37.4 Å². The van der Waals surface area contributed by atoms with Gasteiger partial charge in [0.1, 0.15) is 5.69 Å². The first-order valence-electron chi connectivity index (χ1n) is 8.19. The first-order chi connectivity index (χ1) is 12.1. The average Bonchev–Trinajstić information content (AvgIpc) is 2.64. The van der Waals surface area contributed by atoms with E-state index >= 15 is 0 Å². The normalized spacial score (nSPS) is 20.2. The van der Waals surface area contributed by atoms with Crippen molar-refractivity contribution in [3.8, 4) is 0 Å². The van der Waals surface area contributed by atoms with Crippen molar-refractivity contribution in [2.24, 2.45) is 0 Å². The molecule has 1 saturated heterocycles. The Kier molecular flexibility index (Phi) is 5.08. The SMILES string of the molecule is CN(C)c1nccnc1N[C@@H]1CCN(C(=O)c2ccccn2)C[C@H]1O. The second-order valence-electron chi connectivity index (χ2n) is 6.20. The molecule has 25 heavy (non-hydrogen) atoms. The molecule has 0 aromatic carbocycles. The summed E-state index contributed by atoms with van der Waals surface area (Å²) in [4.78, 5) is 28.6. The molecule has 0 saturated carbocycles. The van der Waals surface area contributed by atoms with Crippen molar-refractivity contribution in [1.29, 1.82) is 0 Å². The van der Waals surface area contributed by atoms with E-state index in [1.54, 1.807) is 41.7 Å². The van der Waals surface area contributed by atoms with Crippen molar-refractivity contribution in [3.05, 3.63) is 42.5 Å². The van der Waals surface area contributed by atoms with Crippen LogP contribution < -0.4 is 10.2 Å². The highest BCUT2D eigenvalue weighted by molar-refractivity contribution is 5.92. The first-order valence-corrected chi connectivity index (χ1v) is 8.19. The number of pyridine rings is 1. The Morgan fingerprint density at radius 2 is 2.04 bits per heavy atom. The molecule has 0 aliphatic carbocycles. The highest BCUT2D eigenvalue weighted by Gasteiger charge is 2.31. The quantitative estimate of drug-likeness (QED) is 0.841. The predicted octanol–water partition coefficient (Wildman–Crippen LogP) is 0.625. The largest absolute Gasteiger partial charge is 0.389 e. The van der Waals surface area contributed by atoms with Gasteiger partial charge in [-0.3, -0.25) is 9.78 Å². The number of aromatic nitrogens is 3. The van der Waals surface area contributed by atoms with Crippen molar-refractivity contribution >= 4 is 17.5 Å². The number of carbonyl (C=O) groups is 1. The van der Waals surface area contributed by atoms with Crippen LogP contribution in [0.3, 0.4) is 0 Å². The molecule has 3 heterocycles. The number of piperidine rings is 1. The fraction of sp³-hybridized carbons (Fsp3) is 0.412. The number of aliphatic hydroxyl groups excluding tert-OH is 1. The number of nitrogens with zero attached hydrogens (tertiary/aromatic N) is 5. The fourth-order valence-electron chi connectivity index (χ4n) is 2.87. The third-order valence-electron chi connectivity index (χ3n) is 4.18. The van der Waals surface area contributed by atoms with Crippen LogP contribution in [-0.4, -0.2) is 70.2 Å². The lowest BCUT2D eigenvalue weighted by atomic mass is 10.0. The molecule has 8 nitrogen and oxygen atoms in total. The standard InChI is InChI=1S/C17H22N6O2/c1-22(2)16-15(19-8-9-20-16)21-12-6-10-23(11-14(12)24)17(25)13-5-3-4-7-18-13/h3-5,7-9,12,14,24H,6,10-11H2,1-2H3,(H,19,21)/t12-,14-/m1/s1. The number of aliphatic hydroxyl groups is 1. The lowest BCUT2D eigenvalue weighted by Crippen LogP contribution is -2.52. The van der Waals surface area contributed by atoms with Gasteiger partial charge in [-0.2, -0.15) is 0 Å². The maximum Gasteiger partial charge on any atom is 0.272 e. The van der Waals surface area contributed by atoms with Crippen LogP contribution in [0.25, 0.3) is 0 Å². The van der Waals surface area contributed by atoms with E-state index in [0.717, 1.165) is 0 Å². The molecule has 0 unspecified atom stereocenters. The summed E-state index contributed by atoms with van der Waals surface area (Å²) in [5.41, 5.74) is 0.393. The number of rotatable bonds is 4. The highest BCUT2D eigenvalue weighted by Crippen LogP contribution is 2.22. The second kappa shape index (κ2) is 7.43. The van der Waals surface area contributed by atoms with Gasteiger partial charge in [0.15, 0.2) is 11.6 Å². The molecule has 0 spiro atoms. The summed E-state index contributed by atoms with van der Waals surface area (Å²) >= 11 is 0. The number of hydrogen-bond acceptors (Lipinski definition) is 7. The van der Waals surface area contributed by atoms with Crippen molar-refractivity contribution in [2.45, 2.75) is 18.6 Å². The van der Waals surface area contributed by atoms with Crippen LogP contribution in [0.2, 0.25) is 0 Å². The van der Waals surface area contributed by atoms with E-state index < -0.39 is 6.10 Å². The van der Waals surface area contributed by atoms with Crippen LogP contribution in [0.5, 0.6) is 0 Å². The number of hydrogen-bond donors (Lipinski definition) is 2. The molecule has 2 aromatic rings. The molecule has 2 N–H and O–H groups in total. The second-order valence-corrected chi connectivity index (χ2v) is 6.20. The highest BCUT2D eigenvalue weighted by atomic mass is 16.3. The van der Waals surface area contributed by atoms with E-state index in [-0.39, 0.29) is 18.5 Å². The van der Waals surface area contributed by atoms with Gasteiger partial charge < -0.3 is 20.2 Å². The number of likely N-dealkylation sites (tertiary alicyclic amines) is 1. The first kappa shape index (κ1) is 17.1. The number of nitrogens with one attached hydrogen (secondary N) is 1. The van der Waals surface area contributed by atoms with Gasteiger partial charge in [0, 0.05) is 45.8 Å². The van der Waals surface area contributed by atoms with Gasteiger partial charge in [0.05, 0.1) is 12.1 Å². The molecule has 0 bridgehead atoms. The zero-order valence-corrected chi connectivity index (χ0v) is 14.3. The van der Waals surface area contributed by atoms with Crippen LogP contribution in [0.15, 0.2) is 36.8 Å². The van der Waals surface area contributed by atoms with Gasteiger partial charge in [-0.05, 0) is 18.6 Å². The Labute approximate surface area is 146 Å². The molecule has 1 fully saturated rings. The Bertz CT molecular complexity index is 724. The monoisotopic (exact) mass is 342 g/mol. The summed E-state index contributed by atoms with van der Waals surface area (Å²) < 4.78 is 0. The molecular formula is C17H22N6O2. The summed E-state index contributed by atoms with van der Waals surface area (Å²) in [6.45, 7) is 0.798. The van der Waals surface area contributed by atoms with Gasteiger partial charge in [0.2, 0.25) is 0 Å². The minimum Gasteiger partial charge on any atom is -0.389 e. The Morgan fingerprint density at radius 3 is 2.72 bits per heavy atom. The smallest absolute Gasteiger partial charge is 0.272 e. The van der Waals surface area contributed by atoms with Crippen molar-refractivity contribution in [3.63, 3.8) is 0 Å². The molecule has 8 heteroatoms. The Hall–Kier alpha value is -2.74. The maximum atomic E-state index is 12.5. The van der Waals surface area contributed by atoms with Gasteiger partial charge >= 0.3 is 0 Å². The number of anilines is 2. The van der Waals surface area contributed by atoms with E-state index in [1.807, 2.05) is 19.0 Å². The van der Waals surface area contributed by atoms with E-state index in [1.165, 1.54) is 0 Å². The third-order valence-corrected chi connectivity index (χ3v) is 4.18. The molecule has 132 valence electrons. The Balaban J connectivity index is 1.66. The lowest BCUT2D eigenvalue weighted by molar-refractivity contribution is 0.0421. The van der Waals surface area contributed by atoms with E-state index in [9.17, 15) is 9.90 Å². The van der Waals surface area contributed by atoms with Crippen LogP contribution in [0.4, 0.5) is 11.6 Å². The summed E-state index contributed by atoms with van der Waals surface area (Å²) in [5.74, 6) is 1.18. The van der Waals surface area contributed by atoms with Gasteiger partial charge in [-0.1, -0.05) is 6.07 Å². The predicted molar refractivity (Wildman–Crippen MR) is 94.5 cm³/mol. The fourth-order valence-corrected chi connectivity index (χ4v) is 2.87. The van der Waals surface area contributed by atoms with E-state index in [2.05, 4.69) is 20.3 Å². The third kappa shape index (κ3) is 3.85. The zero-order chi connectivity index (χ0) is 17.8. The molecule has 2 atom stereocenters. The van der Waals surface area contributed by atoms with Crippen LogP contribution in [0.1, 0.15) is 16.9 Å². The van der Waals surface area contributed by atoms with Crippen molar-refractivity contribution < 1.29 is 9.90 Å². The summed E-state index contributed by atoms with van der Waals surface area (Å²) in [6.07, 6.45) is 4.75.